The van der Waals surface area contributed by atoms with E-state index in [0.29, 0.717) is 40.6 Å². The minimum Gasteiger partial charge on any atom is -0.449 e. The molecular formula is C19H16ClFN3O2+. The van der Waals surface area contributed by atoms with Gasteiger partial charge in [0, 0.05) is 5.39 Å². The Labute approximate surface area is 153 Å². The molecule has 5 nitrogen and oxygen atoms in total. The lowest BCUT2D eigenvalue weighted by molar-refractivity contribution is -0.908. The van der Waals surface area contributed by atoms with Crippen LogP contribution in [0.4, 0.5) is 4.39 Å². The molecule has 26 heavy (non-hydrogen) atoms. The first-order valence-electron chi connectivity index (χ1n) is 8.17. The lowest BCUT2D eigenvalue weighted by Crippen LogP contribution is -3.06. The molecule has 1 atom stereocenters. The monoisotopic (exact) mass is 372 g/mol. The zero-order valence-electron chi connectivity index (χ0n) is 14.0. The van der Waals surface area contributed by atoms with Gasteiger partial charge in [0.15, 0.2) is 5.82 Å². The largest absolute Gasteiger partial charge is 0.449 e. The summed E-state index contributed by atoms with van der Waals surface area (Å²) in [6.07, 6.45) is 0. The van der Waals surface area contributed by atoms with Gasteiger partial charge in [-0.05, 0) is 24.3 Å². The average molecular weight is 373 g/mol. The quantitative estimate of drug-likeness (QED) is 0.579. The van der Waals surface area contributed by atoms with E-state index in [1.165, 1.54) is 6.07 Å². The van der Waals surface area contributed by atoms with Gasteiger partial charge < -0.3 is 14.3 Å². The zero-order chi connectivity index (χ0) is 18.3. The second-order valence-corrected chi connectivity index (χ2v) is 6.71. The minimum atomic E-state index is -0.338. The maximum Gasteiger partial charge on any atom is 0.294 e. The highest BCUT2D eigenvalue weighted by Gasteiger charge is 2.17. The summed E-state index contributed by atoms with van der Waals surface area (Å²) in [5.74, 6) is 0.175. The molecule has 1 unspecified atom stereocenters. The maximum atomic E-state index is 14.0. The van der Waals surface area contributed by atoms with E-state index in [9.17, 15) is 9.18 Å². The number of hydrogen-bond acceptors (Lipinski definition) is 3. The number of aromatic nitrogens is 2. The number of fused-ring (bicyclic) bond motifs is 3. The van der Waals surface area contributed by atoms with Gasteiger partial charge >= 0.3 is 0 Å². The van der Waals surface area contributed by atoms with Crippen molar-refractivity contribution in [3.05, 3.63) is 75.0 Å². The van der Waals surface area contributed by atoms with E-state index in [1.807, 2.05) is 25.2 Å². The van der Waals surface area contributed by atoms with E-state index < -0.39 is 0 Å². The molecule has 0 amide bonds. The fourth-order valence-electron chi connectivity index (χ4n) is 3.08. The minimum absolute atomic E-state index is 0.213. The van der Waals surface area contributed by atoms with E-state index in [1.54, 1.807) is 18.2 Å². The van der Waals surface area contributed by atoms with Crippen molar-refractivity contribution in [2.45, 2.75) is 13.1 Å². The van der Waals surface area contributed by atoms with Gasteiger partial charge in [-0.25, -0.2) is 9.37 Å². The summed E-state index contributed by atoms with van der Waals surface area (Å²) in [7, 11) is 1.89. The first-order valence-corrected chi connectivity index (χ1v) is 8.55. The molecule has 0 spiro atoms. The molecule has 2 aromatic heterocycles. The number of quaternary nitrogens is 1. The Morgan fingerprint density at radius 2 is 2.00 bits per heavy atom. The molecule has 0 saturated heterocycles. The predicted molar refractivity (Wildman–Crippen MR) is 97.8 cm³/mol. The lowest BCUT2D eigenvalue weighted by atomic mass is 10.2. The molecule has 0 aliphatic carbocycles. The Morgan fingerprint density at radius 3 is 2.81 bits per heavy atom. The van der Waals surface area contributed by atoms with E-state index >= 15 is 0 Å². The summed E-state index contributed by atoms with van der Waals surface area (Å²) in [5, 5.41) is 1.19. The normalized spacial score (nSPS) is 12.7. The number of benzene rings is 2. The third kappa shape index (κ3) is 2.98. The Morgan fingerprint density at radius 1 is 1.19 bits per heavy atom. The molecule has 0 saturated carbocycles. The predicted octanol–water partition coefficient (Wildman–Crippen LogP) is 2.68. The molecule has 7 heteroatoms. The summed E-state index contributed by atoms with van der Waals surface area (Å²) in [6, 6.07) is 12.0. The summed E-state index contributed by atoms with van der Waals surface area (Å²) >= 11 is 6.09. The molecule has 2 aromatic carbocycles. The SMILES string of the molecule is C[NH+](Cc1nc2c(oc3ccccc32)c(=O)[nH]1)Cc1c(F)cccc1Cl. The van der Waals surface area contributed by atoms with Gasteiger partial charge in [0.1, 0.15) is 30.0 Å². The van der Waals surface area contributed by atoms with Gasteiger partial charge in [0.25, 0.3) is 5.56 Å². The third-order valence-electron chi connectivity index (χ3n) is 4.29. The zero-order valence-corrected chi connectivity index (χ0v) is 14.7. The van der Waals surface area contributed by atoms with Crippen LogP contribution in [-0.4, -0.2) is 17.0 Å². The second kappa shape index (κ2) is 6.55. The van der Waals surface area contributed by atoms with E-state index in [0.717, 1.165) is 10.3 Å². The number of nitrogens with zero attached hydrogens (tertiary/aromatic N) is 1. The van der Waals surface area contributed by atoms with Crippen LogP contribution in [-0.2, 0) is 13.1 Å². The summed E-state index contributed by atoms with van der Waals surface area (Å²) in [5.41, 5.74) is 1.50. The van der Waals surface area contributed by atoms with Gasteiger partial charge in [-0.3, -0.25) is 4.79 Å². The smallest absolute Gasteiger partial charge is 0.294 e. The van der Waals surface area contributed by atoms with E-state index in [4.69, 9.17) is 16.0 Å². The van der Waals surface area contributed by atoms with E-state index in [-0.39, 0.29) is 17.0 Å². The summed E-state index contributed by atoms with van der Waals surface area (Å²) in [6.45, 7) is 0.786. The molecule has 132 valence electrons. The number of para-hydroxylation sites is 1. The lowest BCUT2D eigenvalue weighted by Gasteiger charge is -2.14. The molecule has 0 bridgehead atoms. The van der Waals surface area contributed by atoms with E-state index in [2.05, 4.69) is 9.97 Å². The average Bonchev–Trinajstić information content (AvgIpc) is 2.98. The number of hydrogen-bond donors (Lipinski definition) is 2. The van der Waals surface area contributed by atoms with Crippen LogP contribution in [0.5, 0.6) is 0 Å². The Bertz CT molecular complexity index is 1150. The molecule has 0 fully saturated rings. The molecule has 4 rings (SSSR count). The third-order valence-corrected chi connectivity index (χ3v) is 4.64. The summed E-state index contributed by atoms with van der Waals surface area (Å²) < 4.78 is 19.6. The fourth-order valence-corrected chi connectivity index (χ4v) is 3.31. The molecule has 0 aliphatic rings. The van der Waals surface area contributed by atoms with Crippen LogP contribution in [0.15, 0.2) is 51.7 Å². The topological polar surface area (TPSA) is 63.3 Å². The molecule has 0 radical (unpaired) electrons. The van der Waals surface area contributed by atoms with Crippen LogP contribution < -0.4 is 10.5 Å². The van der Waals surface area contributed by atoms with Crippen LogP contribution in [0.3, 0.4) is 0 Å². The van der Waals surface area contributed by atoms with Crippen LogP contribution in [0.25, 0.3) is 22.1 Å². The number of nitrogens with one attached hydrogen (secondary N) is 2. The van der Waals surface area contributed by atoms with Gasteiger partial charge in [0.2, 0.25) is 5.58 Å². The molecule has 2 N–H and O–H groups in total. The molecule has 4 aromatic rings. The van der Waals surface area contributed by atoms with Crippen molar-refractivity contribution in [1.29, 1.82) is 0 Å². The standard InChI is InChI=1S/C19H15ClFN3O2/c1-24(9-12-13(20)6-4-7-14(12)21)10-16-22-17-11-5-2-3-8-15(11)26-18(17)19(25)23-16/h2-8H,9-10H2,1H3,(H,22,23,25)/p+1. The van der Waals surface area contributed by atoms with Crippen LogP contribution >= 0.6 is 11.6 Å². The van der Waals surface area contributed by atoms with Crippen molar-refractivity contribution in [1.82, 2.24) is 9.97 Å². The number of rotatable bonds is 4. The second-order valence-electron chi connectivity index (χ2n) is 6.30. The molecular weight excluding hydrogens is 357 g/mol. The van der Waals surface area contributed by atoms with Crippen molar-refractivity contribution in [2.75, 3.05) is 7.05 Å². The van der Waals surface area contributed by atoms with Gasteiger partial charge in [-0.15, -0.1) is 0 Å². The Kier molecular flexibility index (Phi) is 4.22. The van der Waals surface area contributed by atoms with Crippen LogP contribution in [0.2, 0.25) is 5.02 Å². The van der Waals surface area contributed by atoms with Crippen molar-refractivity contribution in [3.8, 4) is 0 Å². The first-order chi connectivity index (χ1) is 12.5. The highest BCUT2D eigenvalue weighted by atomic mass is 35.5. The fraction of sp³-hybridized carbons (Fsp3) is 0.158. The van der Waals surface area contributed by atoms with Crippen molar-refractivity contribution in [3.63, 3.8) is 0 Å². The van der Waals surface area contributed by atoms with Gasteiger partial charge in [-0.1, -0.05) is 29.8 Å². The van der Waals surface area contributed by atoms with Crippen molar-refractivity contribution < 1.29 is 13.7 Å². The molecule has 0 aliphatic heterocycles. The number of halogens is 2. The molecule has 2 heterocycles. The summed E-state index contributed by atoms with van der Waals surface area (Å²) in [4.78, 5) is 20.6. The number of aromatic amines is 1. The number of H-pyrrole nitrogens is 1. The van der Waals surface area contributed by atoms with Gasteiger partial charge in [-0.2, -0.15) is 0 Å². The number of furan rings is 1. The highest BCUT2D eigenvalue weighted by molar-refractivity contribution is 6.31. The van der Waals surface area contributed by atoms with Crippen LogP contribution in [0.1, 0.15) is 11.4 Å². The Balaban J connectivity index is 1.66. The highest BCUT2D eigenvalue weighted by Crippen LogP contribution is 2.24. The Hall–Kier alpha value is -2.70. The van der Waals surface area contributed by atoms with Crippen molar-refractivity contribution in [2.24, 2.45) is 0 Å². The maximum absolute atomic E-state index is 14.0. The first kappa shape index (κ1) is 16.8. The van der Waals surface area contributed by atoms with Crippen LogP contribution in [0, 0.1) is 5.82 Å². The van der Waals surface area contributed by atoms with Gasteiger partial charge in [0.05, 0.1) is 17.6 Å². The van der Waals surface area contributed by atoms with Crippen molar-refractivity contribution >= 4 is 33.7 Å².